The number of fused-ring (bicyclic) bond motifs is 1. The Morgan fingerprint density at radius 3 is 3.04 bits per heavy atom. The van der Waals surface area contributed by atoms with E-state index in [1.165, 1.54) is 5.56 Å². The van der Waals surface area contributed by atoms with Crippen LogP contribution in [0.4, 0.5) is 0 Å². The number of carbonyl (C=O) groups excluding carboxylic acids is 1. The fourth-order valence-corrected chi connectivity index (χ4v) is 5.00. The number of hydrogen-bond donors (Lipinski definition) is 2. The van der Waals surface area contributed by atoms with Gasteiger partial charge in [0.1, 0.15) is 0 Å². The molecule has 0 aliphatic carbocycles. The van der Waals surface area contributed by atoms with Crippen LogP contribution in [0.3, 0.4) is 0 Å². The zero-order valence-corrected chi connectivity index (χ0v) is 20.2. The van der Waals surface area contributed by atoms with Crippen molar-refractivity contribution in [3.63, 3.8) is 0 Å². The second kappa shape index (κ2) is 11.3. The Labute approximate surface area is 190 Å². The molecule has 2 aliphatic rings. The number of rotatable bonds is 6. The van der Waals surface area contributed by atoms with Gasteiger partial charge in [-0.15, -0.1) is 35.3 Å². The number of halogens is 1. The van der Waals surface area contributed by atoms with Gasteiger partial charge in [-0.3, -0.25) is 14.7 Å². The molecule has 0 spiro atoms. The molecule has 0 radical (unpaired) electrons. The summed E-state index contributed by atoms with van der Waals surface area (Å²) in [5.41, 5.74) is 6.89. The summed E-state index contributed by atoms with van der Waals surface area (Å²) in [7, 11) is 0. The first-order chi connectivity index (χ1) is 13.1. The molecule has 1 amide bonds. The highest BCUT2D eigenvalue weighted by atomic mass is 127. The van der Waals surface area contributed by atoms with Crippen molar-refractivity contribution in [1.29, 1.82) is 0 Å². The van der Waals surface area contributed by atoms with E-state index in [9.17, 15) is 4.79 Å². The van der Waals surface area contributed by atoms with E-state index in [4.69, 9.17) is 10.7 Å². The maximum Gasteiger partial charge on any atom is 0.217 e. The fraction of sp³-hybridized carbons (Fsp3) is 0.700. The van der Waals surface area contributed by atoms with E-state index in [1.807, 2.05) is 11.3 Å². The van der Waals surface area contributed by atoms with Gasteiger partial charge in [0.15, 0.2) is 5.96 Å². The Hall–Kier alpha value is -0.870. The number of nitrogens with zero attached hydrogens (tertiary/aromatic N) is 3. The molecule has 1 fully saturated rings. The van der Waals surface area contributed by atoms with Gasteiger partial charge in [0.25, 0.3) is 0 Å². The SMILES string of the molecule is CCNC(=NCC(C)N1CCc2sccc2C1)N1CCCC(CC(N)=O)C1.I. The Bertz CT molecular complexity index is 665. The van der Waals surface area contributed by atoms with Gasteiger partial charge in [-0.25, -0.2) is 0 Å². The molecule has 0 aromatic carbocycles. The summed E-state index contributed by atoms with van der Waals surface area (Å²) in [6.07, 6.45) is 3.79. The zero-order chi connectivity index (χ0) is 19.2. The van der Waals surface area contributed by atoms with E-state index in [-0.39, 0.29) is 29.9 Å². The summed E-state index contributed by atoms with van der Waals surface area (Å²) in [4.78, 5) is 22.6. The van der Waals surface area contributed by atoms with Gasteiger partial charge in [-0.2, -0.15) is 0 Å². The molecule has 0 saturated carbocycles. The molecule has 3 N–H and O–H groups in total. The first-order valence-electron chi connectivity index (χ1n) is 10.2. The van der Waals surface area contributed by atoms with Gasteiger partial charge in [0, 0.05) is 50.1 Å². The number of primary amides is 1. The minimum absolute atomic E-state index is 0. The minimum atomic E-state index is -0.199. The number of nitrogens with two attached hydrogens (primary N) is 1. The molecule has 0 bridgehead atoms. The van der Waals surface area contributed by atoms with Gasteiger partial charge in [0.05, 0.1) is 6.54 Å². The number of hydrogen-bond acceptors (Lipinski definition) is 4. The Morgan fingerprint density at radius 1 is 1.46 bits per heavy atom. The zero-order valence-electron chi connectivity index (χ0n) is 17.0. The summed E-state index contributed by atoms with van der Waals surface area (Å²) in [5.74, 6) is 1.12. The normalized spacial score (nSPS) is 21.6. The van der Waals surface area contributed by atoms with Crippen LogP contribution in [0.5, 0.6) is 0 Å². The highest BCUT2D eigenvalue weighted by Gasteiger charge is 2.25. The van der Waals surface area contributed by atoms with Crippen LogP contribution >= 0.6 is 35.3 Å². The van der Waals surface area contributed by atoms with Crippen molar-refractivity contribution in [2.45, 2.75) is 52.1 Å². The standard InChI is InChI=1S/C20H33N5OS.HI/c1-3-22-20(25-8-4-5-16(13-25)11-19(21)26)23-12-15(2)24-9-6-18-17(14-24)7-10-27-18;/h7,10,15-16H,3-6,8-9,11-14H2,1-2H3,(H2,21,26)(H,22,23);1H. The Morgan fingerprint density at radius 2 is 2.29 bits per heavy atom. The summed E-state index contributed by atoms with van der Waals surface area (Å²) < 4.78 is 0. The number of thiophene rings is 1. The van der Waals surface area contributed by atoms with Crippen molar-refractivity contribution in [3.05, 3.63) is 21.9 Å². The Kier molecular flexibility index (Phi) is 9.49. The maximum absolute atomic E-state index is 11.3. The van der Waals surface area contributed by atoms with Crippen molar-refractivity contribution in [2.24, 2.45) is 16.6 Å². The summed E-state index contributed by atoms with van der Waals surface area (Å²) in [5, 5.41) is 5.65. The highest BCUT2D eigenvalue weighted by Crippen LogP contribution is 2.25. The van der Waals surface area contributed by atoms with Crippen molar-refractivity contribution >= 4 is 47.2 Å². The van der Waals surface area contributed by atoms with Crippen molar-refractivity contribution < 1.29 is 4.79 Å². The Balaban J connectivity index is 0.00000280. The number of guanidine groups is 1. The second-order valence-corrected chi connectivity index (χ2v) is 8.76. The average Bonchev–Trinajstić information content (AvgIpc) is 3.12. The molecule has 2 atom stereocenters. The topological polar surface area (TPSA) is 74.0 Å². The van der Waals surface area contributed by atoms with Crippen LogP contribution in [0.1, 0.15) is 43.6 Å². The van der Waals surface area contributed by atoms with E-state index in [1.54, 1.807) is 4.88 Å². The van der Waals surface area contributed by atoms with Crippen LogP contribution in [-0.2, 0) is 17.8 Å². The van der Waals surface area contributed by atoms with Crippen LogP contribution in [0.2, 0.25) is 0 Å². The van der Waals surface area contributed by atoms with Crippen LogP contribution < -0.4 is 11.1 Å². The molecule has 1 saturated heterocycles. The largest absolute Gasteiger partial charge is 0.370 e. The molecule has 6 nitrogen and oxygen atoms in total. The van der Waals surface area contributed by atoms with Crippen LogP contribution in [0.25, 0.3) is 0 Å². The number of amides is 1. The molecule has 28 heavy (non-hydrogen) atoms. The lowest BCUT2D eigenvalue weighted by Gasteiger charge is -2.35. The highest BCUT2D eigenvalue weighted by molar-refractivity contribution is 14.0. The van der Waals surface area contributed by atoms with Crippen LogP contribution in [-0.4, -0.2) is 60.4 Å². The van der Waals surface area contributed by atoms with E-state index in [0.717, 1.165) is 64.5 Å². The number of aliphatic imine (C=N–C) groups is 1. The lowest BCUT2D eigenvalue weighted by molar-refractivity contribution is -0.119. The summed E-state index contributed by atoms with van der Waals surface area (Å²) in [6.45, 7) is 10.0. The summed E-state index contributed by atoms with van der Waals surface area (Å²) in [6, 6.07) is 2.68. The van der Waals surface area contributed by atoms with E-state index < -0.39 is 0 Å². The molecule has 3 heterocycles. The number of piperidine rings is 1. The maximum atomic E-state index is 11.3. The molecular weight excluding hydrogens is 485 g/mol. The quantitative estimate of drug-likeness (QED) is 0.345. The molecule has 1 aromatic rings. The smallest absolute Gasteiger partial charge is 0.217 e. The third-order valence-corrected chi connectivity index (χ3v) is 6.63. The van der Waals surface area contributed by atoms with Crippen LogP contribution in [0.15, 0.2) is 16.4 Å². The average molecular weight is 519 g/mol. The monoisotopic (exact) mass is 519 g/mol. The molecule has 2 unspecified atom stereocenters. The third kappa shape index (κ3) is 6.32. The van der Waals surface area contributed by atoms with Crippen LogP contribution in [0, 0.1) is 5.92 Å². The number of nitrogens with one attached hydrogen (secondary N) is 1. The molecular formula is C20H34IN5OS. The van der Waals surface area contributed by atoms with Gasteiger partial charge in [-0.05, 0) is 56.0 Å². The number of likely N-dealkylation sites (tertiary alicyclic amines) is 1. The molecule has 1 aromatic heterocycles. The molecule has 3 rings (SSSR count). The number of carbonyl (C=O) groups is 1. The predicted molar refractivity (Wildman–Crippen MR) is 127 cm³/mol. The van der Waals surface area contributed by atoms with Crippen molar-refractivity contribution in [2.75, 3.05) is 32.7 Å². The lowest BCUT2D eigenvalue weighted by Crippen LogP contribution is -2.48. The molecule has 158 valence electrons. The first kappa shape index (κ1) is 23.4. The minimum Gasteiger partial charge on any atom is -0.370 e. The van der Waals surface area contributed by atoms with Crippen molar-refractivity contribution in [3.8, 4) is 0 Å². The van der Waals surface area contributed by atoms with E-state index in [2.05, 4.69) is 40.4 Å². The lowest BCUT2D eigenvalue weighted by atomic mass is 9.95. The van der Waals surface area contributed by atoms with E-state index >= 15 is 0 Å². The summed E-state index contributed by atoms with van der Waals surface area (Å²) >= 11 is 1.88. The van der Waals surface area contributed by atoms with E-state index in [0.29, 0.717) is 18.4 Å². The molecule has 8 heteroatoms. The van der Waals surface area contributed by atoms with Gasteiger partial charge < -0.3 is 16.0 Å². The van der Waals surface area contributed by atoms with Gasteiger partial charge in [0.2, 0.25) is 5.91 Å². The van der Waals surface area contributed by atoms with Gasteiger partial charge in [-0.1, -0.05) is 0 Å². The first-order valence-corrected chi connectivity index (χ1v) is 11.1. The molecule has 2 aliphatic heterocycles. The third-order valence-electron chi connectivity index (χ3n) is 5.61. The predicted octanol–water partition coefficient (Wildman–Crippen LogP) is 2.67. The fourth-order valence-electron chi connectivity index (χ4n) is 4.11. The van der Waals surface area contributed by atoms with Crippen molar-refractivity contribution in [1.82, 2.24) is 15.1 Å². The van der Waals surface area contributed by atoms with Gasteiger partial charge >= 0.3 is 0 Å². The second-order valence-electron chi connectivity index (χ2n) is 7.76.